The van der Waals surface area contributed by atoms with Gasteiger partial charge in [-0.25, -0.2) is 0 Å². The normalized spacial score (nSPS) is 15.8. The highest BCUT2D eigenvalue weighted by Crippen LogP contribution is 2.35. The molecular formula is C13H16F3N5O. The number of anilines is 1. The van der Waals surface area contributed by atoms with Crippen LogP contribution in [0, 0.1) is 6.92 Å². The van der Waals surface area contributed by atoms with Gasteiger partial charge in [0.05, 0.1) is 6.54 Å². The third-order valence-electron chi connectivity index (χ3n) is 3.77. The Bertz CT molecular complexity index is 644. The minimum absolute atomic E-state index is 0.281. The summed E-state index contributed by atoms with van der Waals surface area (Å²) in [5.74, 6) is 0.981. The van der Waals surface area contributed by atoms with E-state index in [2.05, 4.69) is 20.6 Å². The zero-order chi connectivity index (χ0) is 15.7. The summed E-state index contributed by atoms with van der Waals surface area (Å²) in [5.41, 5.74) is -0.426. The van der Waals surface area contributed by atoms with Crippen LogP contribution in [0.2, 0.25) is 0 Å². The van der Waals surface area contributed by atoms with Gasteiger partial charge in [0.15, 0.2) is 5.69 Å². The van der Waals surface area contributed by atoms with Crippen LogP contribution in [-0.2, 0) is 12.7 Å². The molecule has 1 aliphatic rings. The number of aromatic nitrogens is 4. The van der Waals surface area contributed by atoms with Gasteiger partial charge in [0, 0.05) is 18.2 Å². The number of nitrogens with one attached hydrogen (secondary N) is 1. The Balaban J connectivity index is 1.54. The summed E-state index contributed by atoms with van der Waals surface area (Å²) in [5, 5.41) is 14.3. The van der Waals surface area contributed by atoms with E-state index in [0.29, 0.717) is 30.1 Å². The molecule has 2 aromatic heterocycles. The predicted octanol–water partition coefficient (Wildman–Crippen LogP) is 2.97. The predicted molar refractivity (Wildman–Crippen MR) is 71.3 cm³/mol. The molecule has 0 unspecified atom stereocenters. The molecule has 2 aromatic rings. The largest absolute Gasteiger partial charge is 0.435 e. The van der Waals surface area contributed by atoms with Crippen molar-refractivity contribution in [2.75, 3.05) is 11.9 Å². The minimum Gasteiger partial charge on any atom is -0.408 e. The average molecular weight is 315 g/mol. The van der Waals surface area contributed by atoms with E-state index < -0.39 is 11.9 Å². The van der Waals surface area contributed by atoms with Crippen LogP contribution in [0.15, 0.2) is 10.5 Å². The molecule has 9 heteroatoms. The van der Waals surface area contributed by atoms with Crippen molar-refractivity contribution in [3.8, 4) is 0 Å². The number of halogens is 3. The molecule has 0 aliphatic heterocycles. The molecule has 120 valence electrons. The zero-order valence-corrected chi connectivity index (χ0v) is 12.0. The van der Waals surface area contributed by atoms with Gasteiger partial charge in [-0.15, -0.1) is 5.10 Å². The van der Waals surface area contributed by atoms with Gasteiger partial charge in [-0.05, 0) is 25.8 Å². The number of rotatable bonds is 5. The number of aryl methyl sites for hydroxylation is 1. The Hall–Kier alpha value is -2.06. The molecule has 2 heterocycles. The van der Waals surface area contributed by atoms with Crippen molar-refractivity contribution in [1.82, 2.24) is 20.0 Å². The fourth-order valence-electron chi connectivity index (χ4n) is 2.27. The molecule has 1 N–H and O–H groups in total. The molecule has 0 amide bonds. The van der Waals surface area contributed by atoms with Crippen LogP contribution in [0.4, 0.5) is 19.2 Å². The Morgan fingerprint density at radius 1 is 1.36 bits per heavy atom. The van der Waals surface area contributed by atoms with Crippen molar-refractivity contribution in [1.29, 1.82) is 0 Å². The Kier molecular flexibility index (Phi) is 3.79. The molecule has 0 aromatic carbocycles. The van der Waals surface area contributed by atoms with Crippen LogP contribution in [0.5, 0.6) is 0 Å². The summed E-state index contributed by atoms with van der Waals surface area (Å²) in [6, 6.07) is 1.32. The molecule has 6 nitrogen and oxygen atoms in total. The topological polar surface area (TPSA) is 68.8 Å². The highest BCUT2D eigenvalue weighted by molar-refractivity contribution is 5.18. The van der Waals surface area contributed by atoms with Crippen molar-refractivity contribution >= 4 is 6.01 Å². The van der Waals surface area contributed by atoms with Gasteiger partial charge in [0.1, 0.15) is 0 Å². The third kappa shape index (κ3) is 3.07. The first kappa shape index (κ1) is 14.9. The van der Waals surface area contributed by atoms with E-state index in [1.807, 2.05) is 0 Å². The van der Waals surface area contributed by atoms with E-state index in [0.717, 1.165) is 18.9 Å². The van der Waals surface area contributed by atoms with E-state index in [1.165, 1.54) is 11.1 Å². The van der Waals surface area contributed by atoms with Crippen LogP contribution in [0.25, 0.3) is 0 Å². The van der Waals surface area contributed by atoms with Crippen LogP contribution >= 0.6 is 0 Å². The van der Waals surface area contributed by atoms with E-state index in [9.17, 15) is 13.2 Å². The van der Waals surface area contributed by atoms with Crippen LogP contribution in [-0.4, -0.2) is 26.5 Å². The van der Waals surface area contributed by atoms with E-state index in [1.54, 1.807) is 6.92 Å². The maximum Gasteiger partial charge on any atom is 0.435 e. The summed E-state index contributed by atoms with van der Waals surface area (Å²) in [7, 11) is 0. The van der Waals surface area contributed by atoms with Crippen molar-refractivity contribution < 1.29 is 17.6 Å². The molecule has 1 saturated carbocycles. The zero-order valence-electron chi connectivity index (χ0n) is 12.0. The lowest BCUT2D eigenvalue weighted by Gasteiger charge is -2.20. The maximum atomic E-state index is 12.6. The molecule has 0 saturated heterocycles. The molecule has 0 spiro atoms. The Labute approximate surface area is 124 Å². The summed E-state index contributed by atoms with van der Waals surface area (Å²) >= 11 is 0. The molecule has 3 rings (SSSR count). The van der Waals surface area contributed by atoms with Gasteiger partial charge in [-0.2, -0.15) is 18.3 Å². The summed E-state index contributed by atoms with van der Waals surface area (Å²) in [6.07, 6.45) is -1.12. The third-order valence-corrected chi connectivity index (χ3v) is 3.77. The summed E-state index contributed by atoms with van der Waals surface area (Å²) < 4.78 is 44.5. The van der Waals surface area contributed by atoms with Gasteiger partial charge < -0.3 is 9.73 Å². The van der Waals surface area contributed by atoms with Gasteiger partial charge in [0.25, 0.3) is 0 Å². The smallest absolute Gasteiger partial charge is 0.408 e. The Morgan fingerprint density at radius 2 is 2.14 bits per heavy atom. The maximum absolute atomic E-state index is 12.6. The lowest BCUT2D eigenvalue weighted by Crippen LogP contribution is -2.14. The molecular weight excluding hydrogens is 299 g/mol. The van der Waals surface area contributed by atoms with E-state index in [4.69, 9.17) is 4.42 Å². The van der Waals surface area contributed by atoms with Crippen LogP contribution in [0.1, 0.15) is 42.5 Å². The van der Waals surface area contributed by atoms with Gasteiger partial charge in [0.2, 0.25) is 5.89 Å². The van der Waals surface area contributed by atoms with Gasteiger partial charge in [-0.3, -0.25) is 4.68 Å². The Morgan fingerprint density at radius 3 is 2.73 bits per heavy atom. The monoisotopic (exact) mass is 315 g/mol. The molecule has 0 atom stereocenters. The van der Waals surface area contributed by atoms with Gasteiger partial charge >= 0.3 is 12.2 Å². The quantitative estimate of drug-likeness (QED) is 0.918. The SMILES string of the molecule is Cc1cc(C(F)(F)F)nn1CCNc1nnc(C2CCC2)o1. The average Bonchev–Trinajstić information content (AvgIpc) is 2.95. The van der Waals surface area contributed by atoms with Crippen molar-refractivity contribution in [3.05, 3.63) is 23.3 Å². The van der Waals surface area contributed by atoms with Crippen molar-refractivity contribution in [3.63, 3.8) is 0 Å². The number of nitrogens with zero attached hydrogens (tertiary/aromatic N) is 4. The van der Waals surface area contributed by atoms with Crippen LogP contribution < -0.4 is 5.32 Å². The lowest BCUT2D eigenvalue weighted by molar-refractivity contribution is -0.141. The second-order valence-corrected chi connectivity index (χ2v) is 5.39. The first-order valence-electron chi connectivity index (χ1n) is 7.12. The minimum atomic E-state index is -4.42. The van der Waals surface area contributed by atoms with Crippen molar-refractivity contribution in [2.24, 2.45) is 0 Å². The van der Waals surface area contributed by atoms with E-state index >= 15 is 0 Å². The number of hydrogen-bond acceptors (Lipinski definition) is 5. The highest BCUT2D eigenvalue weighted by Gasteiger charge is 2.34. The number of hydrogen-bond donors (Lipinski definition) is 1. The molecule has 1 fully saturated rings. The summed E-state index contributed by atoms with van der Waals surface area (Å²) in [6.45, 7) is 2.22. The fourth-order valence-corrected chi connectivity index (χ4v) is 2.27. The second kappa shape index (κ2) is 5.62. The van der Waals surface area contributed by atoms with Gasteiger partial charge in [-0.1, -0.05) is 11.5 Å². The highest BCUT2D eigenvalue weighted by atomic mass is 19.4. The van der Waals surface area contributed by atoms with E-state index in [-0.39, 0.29) is 6.54 Å². The van der Waals surface area contributed by atoms with Crippen molar-refractivity contribution in [2.45, 2.75) is 44.8 Å². The second-order valence-electron chi connectivity index (χ2n) is 5.39. The van der Waals surface area contributed by atoms with Crippen LogP contribution in [0.3, 0.4) is 0 Å². The first-order chi connectivity index (χ1) is 10.4. The molecule has 0 radical (unpaired) electrons. The standard InChI is InChI=1S/C13H16F3N5O/c1-8-7-10(13(14,15)16)20-21(8)6-5-17-12-19-18-11(22-12)9-3-2-4-9/h7,9H,2-6H2,1H3,(H,17,19). The fraction of sp³-hybridized carbons (Fsp3) is 0.615. The first-order valence-corrected chi connectivity index (χ1v) is 7.12. The number of alkyl halides is 3. The lowest BCUT2D eigenvalue weighted by atomic mass is 9.85. The summed E-state index contributed by atoms with van der Waals surface area (Å²) in [4.78, 5) is 0. The molecule has 0 bridgehead atoms. The molecule has 1 aliphatic carbocycles. The molecule has 22 heavy (non-hydrogen) atoms.